The maximum Gasteiger partial charge on any atom is 0.306 e. The molecule has 3 nitrogen and oxygen atoms in total. The second kappa shape index (κ2) is 4.84. The van der Waals surface area contributed by atoms with Gasteiger partial charge in [0, 0.05) is 16.1 Å². The predicted molar refractivity (Wildman–Crippen MR) is 69.9 cm³/mol. The molecule has 3 atom stereocenters. The lowest BCUT2D eigenvalue weighted by atomic mass is 10.1. The maximum atomic E-state index is 11.3. The molecular formula is C14H16O3S. The van der Waals surface area contributed by atoms with Gasteiger partial charge in [-0.2, -0.15) is 0 Å². The molecule has 2 fully saturated rings. The Morgan fingerprint density at radius 3 is 2.78 bits per heavy atom. The molecule has 1 unspecified atom stereocenters. The van der Waals surface area contributed by atoms with Gasteiger partial charge in [0.25, 0.3) is 0 Å². The maximum absolute atomic E-state index is 11.3. The van der Waals surface area contributed by atoms with E-state index in [1.807, 2.05) is 23.9 Å². The van der Waals surface area contributed by atoms with Crippen LogP contribution in [-0.4, -0.2) is 24.4 Å². The summed E-state index contributed by atoms with van der Waals surface area (Å²) in [6.07, 6.45) is 3.00. The minimum Gasteiger partial charge on any atom is -0.497 e. The first-order valence-corrected chi connectivity index (χ1v) is 7.14. The lowest BCUT2D eigenvalue weighted by Gasteiger charge is -2.17. The number of hydrogen-bond donors (Lipinski definition) is 0. The third kappa shape index (κ3) is 2.21. The van der Waals surface area contributed by atoms with E-state index in [4.69, 9.17) is 9.47 Å². The molecule has 3 rings (SSSR count). The fourth-order valence-electron chi connectivity index (χ4n) is 2.77. The molecule has 1 saturated heterocycles. The molecule has 0 spiro atoms. The van der Waals surface area contributed by atoms with Crippen molar-refractivity contribution in [1.82, 2.24) is 0 Å². The van der Waals surface area contributed by atoms with Crippen LogP contribution in [0.5, 0.6) is 5.75 Å². The summed E-state index contributed by atoms with van der Waals surface area (Å²) in [5.41, 5.74) is 0. The van der Waals surface area contributed by atoms with Crippen LogP contribution in [0.1, 0.15) is 19.3 Å². The Labute approximate surface area is 111 Å². The normalized spacial score (nSPS) is 30.1. The van der Waals surface area contributed by atoms with Crippen LogP contribution >= 0.6 is 11.8 Å². The van der Waals surface area contributed by atoms with Gasteiger partial charge in [-0.15, -0.1) is 11.8 Å². The van der Waals surface area contributed by atoms with E-state index in [0.29, 0.717) is 17.6 Å². The Kier molecular flexibility index (Phi) is 3.20. The van der Waals surface area contributed by atoms with Gasteiger partial charge in [0.1, 0.15) is 11.9 Å². The number of carbonyl (C=O) groups excluding carboxylic acids is 1. The average molecular weight is 264 g/mol. The smallest absolute Gasteiger partial charge is 0.306 e. The van der Waals surface area contributed by atoms with Crippen molar-refractivity contribution in [2.24, 2.45) is 5.92 Å². The van der Waals surface area contributed by atoms with Crippen LogP contribution in [-0.2, 0) is 9.53 Å². The minimum absolute atomic E-state index is 0.0231. The van der Waals surface area contributed by atoms with Crippen molar-refractivity contribution < 1.29 is 14.3 Å². The van der Waals surface area contributed by atoms with E-state index in [1.165, 1.54) is 4.90 Å². The zero-order chi connectivity index (χ0) is 12.5. The number of carbonyl (C=O) groups is 1. The van der Waals surface area contributed by atoms with E-state index in [0.717, 1.165) is 18.6 Å². The number of fused-ring (bicyclic) bond motifs is 1. The van der Waals surface area contributed by atoms with E-state index in [2.05, 4.69) is 12.1 Å². The standard InChI is InChI=1S/C14H16O3S/c1-16-10-3-5-11(6-4-10)18-12-7-2-9-8-13(15)17-14(9)12/h3-6,9,12,14H,2,7-8H2,1H3/t9?,12-,14+/m1/s1. The minimum atomic E-state index is -0.0231. The number of esters is 1. The van der Waals surface area contributed by atoms with E-state index in [-0.39, 0.29) is 12.1 Å². The molecule has 0 aromatic heterocycles. The lowest BCUT2D eigenvalue weighted by Crippen LogP contribution is -2.20. The SMILES string of the molecule is COc1ccc(S[C@@H]2CCC3CC(=O)O[C@@H]32)cc1. The zero-order valence-electron chi connectivity index (χ0n) is 10.3. The second-order valence-electron chi connectivity index (χ2n) is 4.83. The first-order chi connectivity index (χ1) is 8.76. The van der Waals surface area contributed by atoms with Crippen LogP contribution in [0.25, 0.3) is 0 Å². The number of thioether (sulfide) groups is 1. The molecule has 1 aliphatic heterocycles. The van der Waals surface area contributed by atoms with Gasteiger partial charge in [-0.25, -0.2) is 0 Å². The third-order valence-corrected chi connectivity index (χ3v) is 5.05. The predicted octanol–water partition coefficient (Wildman–Crippen LogP) is 2.88. The highest BCUT2D eigenvalue weighted by Crippen LogP contribution is 2.44. The number of rotatable bonds is 3. The number of methoxy groups -OCH3 is 1. The molecule has 96 valence electrons. The van der Waals surface area contributed by atoms with Crippen molar-refractivity contribution in [3.05, 3.63) is 24.3 Å². The van der Waals surface area contributed by atoms with Crippen molar-refractivity contribution >= 4 is 17.7 Å². The van der Waals surface area contributed by atoms with Crippen molar-refractivity contribution in [3.8, 4) is 5.75 Å². The monoisotopic (exact) mass is 264 g/mol. The fourth-order valence-corrected chi connectivity index (χ4v) is 4.08. The average Bonchev–Trinajstić information content (AvgIpc) is 2.91. The summed E-state index contributed by atoms with van der Waals surface area (Å²) in [4.78, 5) is 12.5. The van der Waals surface area contributed by atoms with Crippen LogP contribution in [0, 0.1) is 5.92 Å². The summed E-state index contributed by atoms with van der Waals surface area (Å²) in [5.74, 6) is 1.30. The molecule has 18 heavy (non-hydrogen) atoms. The van der Waals surface area contributed by atoms with Crippen LogP contribution in [0.2, 0.25) is 0 Å². The molecule has 1 aliphatic carbocycles. The van der Waals surface area contributed by atoms with Crippen molar-refractivity contribution in [2.45, 2.75) is 35.5 Å². The molecule has 1 aromatic carbocycles. The van der Waals surface area contributed by atoms with E-state index in [9.17, 15) is 4.79 Å². The zero-order valence-corrected chi connectivity index (χ0v) is 11.1. The second-order valence-corrected chi connectivity index (χ2v) is 6.14. The van der Waals surface area contributed by atoms with Crippen molar-refractivity contribution in [2.75, 3.05) is 7.11 Å². The van der Waals surface area contributed by atoms with Gasteiger partial charge in [0.05, 0.1) is 13.5 Å². The third-order valence-electron chi connectivity index (χ3n) is 3.70. The van der Waals surface area contributed by atoms with Gasteiger partial charge >= 0.3 is 5.97 Å². The first kappa shape index (κ1) is 11.9. The van der Waals surface area contributed by atoms with Crippen LogP contribution in [0.4, 0.5) is 0 Å². The Hall–Kier alpha value is -1.16. The summed E-state index contributed by atoms with van der Waals surface area (Å²) in [5, 5.41) is 0.412. The molecule has 4 heteroatoms. The first-order valence-electron chi connectivity index (χ1n) is 6.26. The molecule has 0 bridgehead atoms. The summed E-state index contributed by atoms with van der Waals surface area (Å²) < 4.78 is 10.6. The highest BCUT2D eigenvalue weighted by molar-refractivity contribution is 8.00. The van der Waals surface area contributed by atoms with Gasteiger partial charge in [-0.3, -0.25) is 4.79 Å². The van der Waals surface area contributed by atoms with E-state index >= 15 is 0 Å². The molecule has 0 N–H and O–H groups in total. The molecule has 2 aliphatic rings. The van der Waals surface area contributed by atoms with Crippen LogP contribution in [0.15, 0.2) is 29.2 Å². The molecule has 0 amide bonds. The Morgan fingerprint density at radius 2 is 2.06 bits per heavy atom. The number of hydrogen-bond acceptors (Lipinski definition) is 4. The highest BCUT2D eigenvalue weighted by Gasteiger charge is 2.45. The summed E-state index contributed by atoms with van der Waals surface area (Å²) in [6, 6.07) is 8.06. The highest BCUT2D eigenvalue weighted by atomic mass is 32.2. The molecule has 1 heterocycles. The molecule has 1 aromatic rings. The lowest BCUT2D eigenvalue weighted by molar-refractivity contribution is -0.141. The van der Waals surface area contributed by atoms with Gasteiger partial charge in [-0.05, 0) is 37.1 Å². The van der Waals surface area contributed by atoms with Crippen molar-refractivity contribution in [3.63, 3.8) is 0 Å². The summed E-state index contributed by atoms with van der Waals surface area (Å²) in [7, 11) is 1.67. The van der Waals surface area contributed by atoms with E-state index < -0.39 is 0 Å². The summed E-state index contributed by atoms with van der Waals surface area (Å²) >= 11 is 1.82. The van der Waals surface area contributed by atoms with Gasteiger partial charge < -0.3 is 9.47 Å². The largest absolute Gasteiger partial charge is 0.497 e. The van der Waals surface area contributed by atoms with Crippen LogP contribution < -0.4 is 4.74 Å². The van der Waals surface area contributed by atoms with Gasteiger partial charge in [0.15, 0.2) is 0 Å². The van der Waals surface area contributed by atoms with Gasteiger partial charge in [0.2, 0.25) is 0 Å². The number of ether oxygens (including phenoxy) is 2. The topological polar surface area (TPSA) is 35.5 Å². The molecular weight excluding hydrogens is 248 g/mol. The molecule has 0 radical (unpaired) electrons. The molecule has 1 saturated carbocycles. The van der Waals surface area contributed by atoms with Crippen molar-refractivity contribution in [1.29, 1.82) is 0 Å². The van der Waals surface area contributed by atoms with Gasteiger partial charge in [-0.1, -0.05) is 0 Å². The van der Waals surface area contributed by atoms with E-state index in [1.54, 1.807) is 7.11 Å². The Bertz CT molecular complexity index is 443. The van der Waals surface area contributed by atoms with Crippen LogP contribution in [0.3, 0.4) is 0 Å². The fraction of sp³-hybridized carbons (Fsp3) is 0.500. The quantitative estimate of drug-likeness (QED) is 0.786. The Balaban J connectivity index is 1.67. The Morgan fingerprint density at radius 1 is 1.28 bits per heavy atom. The summed E-state index contributed by atoms with van der Waals surface area (Å²) in [6.45, 7) is 0. The number of benzene rings is 1.